The predicted molar refractivity (Wildman–Crippen MR) is 68.6 cm³/mol. The van der Waals surface area contributed by atoms with Crippen LogP contribution in [0.2, 0.25) is 5.02 Å². The molecule has 1 unspecified atom stereocenters. The molecule has 1 atom stereocenters. The average Bonchev–Trinajstić information content (AvgIpc) is 2.22. The second-order valence-corrected chi connectivity index (χ2v) is 4.43. The van der Waals surface area contributed by atoms with E-state index in [2.05, 4.69) is 12.2 Å². The molecule has 16 heavy (non-hydrogen) atoms. The first-order valence-corrected chi connectivity index (χ1v) is 5.75. The zero-order chi connectivity index (χ0) is 12.1. The third-order valence-corrected chi connectivity index (χ3v) is 2.75. The standard InChI is InChI=1S/C12H17ClN2O/c1-3-8(2)6-12(16)15-11-5-4-9(13)7-10(11)14/h4-5,7-8H,3,6,14H2,1-2H3,(H,15,16). The summed E-state index contributed by atoms with van der Waals surface area (Å²) < 4.78 is 0. The van der Waals surface area contributed by atoms with Crippen molar-refractivity contribution >= 4 is 28.9 Å². The normalized spacial score (nSPS) is 12.2. The van der Waals surface area contributed by atoms with Gasteiger partial charge in [-0.3, -0.25) is 4.79 Å². The van der Waals surface area contributed by atoms with Crippen LogP contribution >= 0.6 is 11.6 Å². The summed E-state index contributed by atoms with van der Waals surface area (Å²) in [4.78, 5) is 11.6. The highest BCUT2D eigenvalue weighted by Crippen LogP contribution is 2.23. The second kappa shape index (κ2) is 5.75. The SMILES string of the molecule is CCC(C)CC(=O)Nc1ccc(Cl)cc1N. The Kier molecular flexibility index (Phi) is 4.62. The Balaban J connectivity index is 2.63. The number of nitrogens with one attached hydrogen (secondary N) is 1. The van der Waals surface area contributed by atoms with E-state index in [-0.39, 0.29) is 5.91 Å². The van der Waals surface area contributed by atoms with Crippen LogP contribution in [0.5, 0.6) is 0 Å². The van der Waals surface area contributed by atoms with Gasteiger partial charge in [-0.2, -0.15) is 0 Å². The third-order valence-electron chi connectivity index (χ3n) is 2.52. The van der Waals surface area contributed by atoms with Crippen LogP contribution in [0.4, 0.5) is 11.4 Å². The van der Waals surface area contributed by atoms with Gasteiger partial charge in [0.05, 0.1) is 11.4 Å². The summed E-state index contributed by atoms with van der Waals surface area (Å²) in [5.41, 5.74) is 6.85. The van der Waals surface area contributed by atoms with E-state index in [9.17, 15) is 4.79 Å². The number of carbonyl (C=O) groups is 1. The van der Waals surface area contributed by atoms with Crippen molar-refractivity contribution in [3.63, 3.8) is 0 Å². The quantitative estimate of drug-likeness (QED) is 0.794. The van der Waals surface area contributed by atoms with Gasteiger partial charge in [0.25, 0.3) is 0 Å². The van der Waals surface area contributed by atoms with Crippen LogP contribution in [0.15, 0.2) is 18.2 Å². The van der Waals surface area contributed by atoms with Crippen LogP contribution in [0.3, 0.4) is 0 Å². The van der Waals surface area contributed by atoms with E-state index in [0.29, 0.717) is 28.7 Å². The van der Waals surface area contributed by atoms with E-state index in [1.807, 2.05) is 6.92 Å². The number of amides is 1. The minimum atomic E-state index is -0.0108. The van der Waals surface area contributed by atoms with Crippen molar-refractivity contribution in [3.8, 4) is 0 Å². The van der Waals surface area contributed by atoms with Gasteiger partial charge in [-0.05, 0) is 24.1 Å². The number of hydrogen-bond donors (Lipinski definition) is 2. The fourth-order valence-electron chi connectivity index (χ4n) is 1.31. The van der Waals surface area contributed by atoms with Gasteiger partial charge in [-0.25, -0.2) is 0 Å². The van der Waals surface area contributed by atoms with Crippen molar-refractivity contribution < 1.29 is 4.79 Å². The lowest BCUT2D eigenvalue weighted by molar-refractivity contribution is -0.117. The smallest absolute Gasteiger partial charge is 0.224 e. The number of anilines is 2. The number of hydrogen-bond acceptors (Lipinski definition) is 2. The molecule has 4 heteroatoms. The highest BCUT2D eigenvalue weighted by atomic mass is 35.5. The van der Waals surface area contributed by atoms with Gasteiger partial charge in [0.2, 0.25) is 5.91 Å². The summed E-state index contributed by atoms with van der Waals surface area (Å²) >= 11 is 5.77. The van der Waals surface area contributed by atoms with E-state index in [1.165, 1.54) is 0 Å². The molecule has 0 radical (unpaired) electrons. The van der Waals surface area contributed by atoms with E-state index < -0.39 is 0 Å². The predicted octanol–water partition coefficient (Wildman–Crippen LogP) is 3.30. The Morgan fingerprint density at radius 3 is 2.81 bits per heavy atom. The lowest BCUT2D eigenvalue weighted by Gasteiger charge is -2.11. The maximum absolute atomic E-state index is 11.6. The molecule has 0 bridgehead atoms. The second-order valence-electron chi connectivity index (χ2n) is 4.00. The fourth-order valence-corrected chi connectivity index (χ4v) is 1.49. The van der Waals surface area contributed by atoms with Gasteiger partial charge in [0.15, 0.2) is 0 Å². The van der Waals surface area contributed by atoms with Crippen LogP contribution in [0.25, 0.3) is 0 Å². The maximum Gasteiger partial charge on any atom is 0.224 e. The van der Waals surface area contributed by atoms with Gasteiger partial charge < -0.3 is 11.1 Å². The van der Waals surface area contributed by atoms with Crippen LogP contribution in [0, 0.1) is 5.92 Å². The average molecular weight is 241 g/mol. The van der Waals surface area contributed by atoms with Gasteiger partial charge in [-0.1, -0.05) is 31.9 Å². The molecular weight excluding hydrogens is 224 g/mol. The molecule has 0 aliphatic heterocycles. The van der Waals surface area contributed by atoms with Gasteiger partial charge in [0, 0.05) is 11.4 Å². The number of rotatable bonds is 4. The number of benzene rings is 1. The Bertz CT molecular complexity index is 379. The summed E-state index contributed by atoms with van der Waals surface area (Å²) in [7, 11) is 0. The van der Waals surface area contributed by atoms with E-state index in [4.69, 9.17) is 17.3 Å². The molecule has 1 aromatic rings. The molecule has 1 aromatic carbocycles. The first-order valence-electron chi connectivity index (χ1n) is 5.37. The Labute approximate surface area is 101 Å². The summed E-state index contributed by atoms with van der Waals surface area (Å²) in [5.74, 6) is 0.372. The Morgan fingerprint density at radius 1 is 1.56 bits per heavy atom. The van der Waals surface area contributed by atoms with Crippen molar-refractivity contribution in [2.45, 2.75) is 26.7 Å². The van der Waals surface area contributed by atoms with E-state index in [1.54, 1.807) is 18.2 Å². The largest absolute Gasteiger partial charge is 0.397 e. The molecule has 0 aromatic heterocycles. The molecule has 0 spiro atoms. The highest BCUT2D eigenvalue weighted by Gasteiger charge is 2.09. The Hall–Kier alpha value is -1.22. The van der Waals surface area contributed by atoms with E-state index >= 15 is 0 Å². The number of nitrogen functional groups attached to an aromatic ring is 1. The minimum absolute atomic E-state index is 0.0108. The Morgan fingerprint density at radius 2 is 2.25 bits per heavy atom. The maximum atomic E-state index is 11.6. The number of nitrogens with two attached hydrogens (primary N) is 1. The third kappa shape index (κ3) is 3.74. The molecule has 88 valence electrons. The van der Waals surface area contributed by atoms with Crippen molar-refractivity contribution in [1.82, 2.24) is 0 Å². The van der Waals surface area contributed by atoms with Crippen molar-refractivity contribution in [3.05, 3.63) is 23.2 Å². The molecular formula is C12H17ClN2O. The number of carbonyl (C=O) groups excluding carboxylic acids is 1. The van der Waals surface area contributed by atoms with Crippen molar-refractivity contribution in [2.75, 3.05) is 11.1 Å². The molecule has 0 fully saturated rings. The molecule has 3 N–H and O–H groups in total. The van der Waals surface area contributed by atoms with Gasteiger partial charge >= 0.3 is 0 Å². The monoisotopic (exact) mass is 240 g/mol. The lowest BCUT2D eigenvalue weighted by atomic mass is 10.1. The molecule has 0 aliphatic rings. The molecule has 1 amide bonds. The van der Waals surface area contributed by atoms with E-state index in [0.717, 1.165) is 6.42 Å². The zero-order valence-electron chi connectivity index (χ0n) is 9.59. The molecule has 0 aliphatic carbocycles. The van der Waals surface area contributed by atoms with Crippen LogP contribution in [-0.4, -0.2) is 5.91 Å². The van der Waals surface area contributed by atoms with Crippen LogP contribution < -0.4 is 11.1 Å². The van der Waals surface area contributed by atoms with Gasteiger partial charge in [-0.15, -0.1) is 0 Å². The molecule has 0 saturated heterocycles. The van der Waals surface area contributed by atoms with Crippen molar-refractivity contribution in [1.29, 1.82) is 0 Å². The number of halogens is 1. The fraction of sp³-hybridized carbons (Fsp3) is 0.417. The summed E-state index contributed by atoms with van der Waals surface area (Å²) in [6.07, 6.45) is 1.50. The van der Waals surface area contributed by atoms with Crippen LogP contribution in [-0.2, 0) is 4.79 Å². The summed E-state index contributed by atoms with van der Waals surface area (Å²) in [6, 6.07) is 5.05. The lowest BCUT2D eigenvalue weighted by Crippen LogP contribution is -2.15. The van der Waals surface area contributed by atoms with Gasteiger partial charge in [0.1, 0.15) is 0 Å². The zero-order valence-corrected chi connectivity index (χ0v) is 10.3. The molecule has 3 nitrogen and oxygen atoms in total. The van der Waals surface area contributed by atoms with Crippen molar-refractivity contribution in [2.24, 2.45) is 5.92 Å². The summed E-state index contributed by atoms with van der Waals surface area (Å²) in [6.45, 7) is 4.11. The first kappa shape index (κ1) is 12.8. The topological polar surface area (TPSA) is 55.1 Å². The summed E-state index contributed by atoms with van der Waals surface area (Å²) in [5, 5.41) is 3.35. The molecule has 1 rings (SSSR count). The highest BCUT2D eigenvalue weighted by molar-refractivity contribution is 6.31. The molecule has 0 heterocycles. The molecule has 0 saturated carbocycles. The minimum Gasteiger partial charge on any atom is -0.397 e. The van der Waals surface area contributed by atoms with Crippen LogP contribution in [0.1, 0.15) is 26.7 Å². The first-order chi connectivity index (χ1) is 7.52.